The van der Waals surface area contributed by atoms with Crippen molar-refractivity contribution in [3.63, 3.8) is 0 Å². The third kappa shape index (κ3) is 4.51. The van der Waals surface area contributed by atoms with Crippen molar-refractivity contribution in [2.75, 3.05) is 13.1 Å². The number of aromatic nitrogens is 1. The van der Waals surface area contributed by atoms with Crippen molar-refractivity contribution in [2.24, 2.45) is 10.8 Å². The molecule has 1 aromatic rings. The number of nitrogens with two attached hydrogens (primary N) is 1. The molecule has 0 spiro atoms. The molecular weight excluding hydrogens is 264 g/mol. The number of thiazole rings is 1. The lowest BCUT2D eigenvalue weighted by molar-refractivity contribution is -0.120. The molecule has 1 heterocycles. The molecule has 19 heavy (non-hydrogen) atoms. The molecule has 0 saturated heterocycles. The second-order valence-corrected chi connectivity index (χ2v) is 5.93. The molecule has 104 valence electrons. The van der Waals surface area contributed by atoms with Gasteiger partial charge in [0.1, 0.15) is 6.04 Å². The summed E-state index contributed by atoms with van der Waals surface area (Å²) in [6.07, 6.45) is 0. The summed E-state index contributed by atoms with van der Waals surface area (Å²) in [5.74, 6) is -0.494. The van der Waals surface area contributed by atoms with Gasteiger partial charge in [0.25, 0.3) is 0 Å². The highest BCUT2D eigenvalue weighted by Gasteiger charge is 2.24. The van der Waals surface area contributed by atoms with Crippen molar-refractivity contribution < 1.29 is 4.79 Å². The minimum absolute atomic E-state index is 0.0593. The first kappa shape index (κ1) is 15.4. The molecule has 0 fully saturated rings. The third-order valence-corrected chi connectivity index (χ3v) is 3.65. The average molecular weight is 282 g/mol. The number of hydrogen-bond donors (Lipinski definition) is 2. The largest absolute Gasteiger partial charge is 0.368 e. The molecule has 0 aromatic carbocycles. The Labute approximate surface area is 115 Å². The van der Waals surface area contributed by atoms with Crippen molar-refractivity contribution >= 4 is 17.2 Å². The summed E-state index contributed by atoms with van der Waals surface area (Å²) < 4.78 is 0. The average Bonchev–Trinajstić information content (AvgIpc) is 2.77. The number of primary amides is 1. The van der Waals surface area contributed by atoms with E-state index in [2.05, 4.69) is 41.1 Å². The van der Waals surface area contributed by atoms with Crippen LogP contribution in [0.2, 0.25) is 0 Å². The van der Waals surface area contributed by atoms with E-state index >= 15 is 0 Å². The van der Waals surface area contributed by atoms with E-state index in [1.54, 1.807) is 0 Å². The van der Waals surface area contributed by atoms with Gasteiger partial charge in [-0.25, -0.2) is 4.98 Å². The van der Waals surface area contributed by atoms with Gasteiger partial charge < -0.3 is 11.1 Å². The Morgan fingerprint density at radius 1 is 1.68 bits per heavy atom. The third-order valence-electron chi connectivity index (χ3n) is 2.37. The molecule has 0 aliphatic heterocycles. The van der Waals surface area contributed by atoms with Crippen LogP contribution in [0.3, 0.4) is 0 Å². The summed E-state index contributed by atoms with van der Waals surface area (Å²) in [5.41, 5.74) is 14.1. The van der Waals surface area contributed by atoms with Crippen LogP contribution in [0.25, 0.3) is 10.4 Å². The lowest BCUT2D eigenvalue weighted by atomic mass is 9.98. The van der Waals surface area contributed by atoms with Crippen molar-refractivity contribution in [3.05, 3.63) is 26.5 Å². The molecule has 1 aromatic heterocycles. The van der Waals surface area contributed by atoms with Crippen LogP contribution in [0.4, 0.5) is 0 Å². The number of rotatable bonds is 6. The molecule has 0 bridgehead atoms. The van der Waals surface area contributed by atoms with Crippen molar-refractivity contribution in [3.8, 4) is 0 Å². The van der Waals surface area contributed by atoms with Crippen LogP contribution in [0.5, 0.6) is 0 Å². The van der Waals surface area contributed by atoms with Gasteiger partial charge in [0, 0.05) is 28.8 Å². The number of azide groups is 1. The first-order valence-electron chi connectivity index (χ1n) is 5.85. The van der Waals surface area contributed by atoms with E-state index in [-0.39, 0.29) is 12.0 Å². The second kappa shape index (κ2) is 6.51. The highest BCUT2D eigenvalue weighted by Crippen LogP contribution is 2.27. The number of hydrogen-bond acceptors (Lipinski definition) is 5. The van der Waals surface area contributed by atoms with Crippen LogP contribution >= 0.6 is 11.3 Å². The Balaban J connectivity index is 2.79. The Morgan fingerprint density at radius 3 is 2.84 bits per heavy atom. The maximum absolute atomic E-state index is 11.4. The van der Waals surface area contributed by atoms with Gasteiger partial charge in [-0.15, -0.1) is 11.3 Å². The zero-order valence-electron chi connectivity index (χ0n) is 11.3. The van der Waals surface area contributed by atoms with E-state index in [1.165, 1.54) is 11.3 Å². The standard InChI is InChI=1S/C11H18N6OS/c1-11(2,3)10-16-7(6-19-10)8(9(12)18)14-4-5-15-17-13/h6,8,14H,4-5H2,1-3H3,(H2,12,18). The minimum Gasteiger partial charge on any atom is -0.368 e. The first-order valence-corrected chi connectivity index (χ1v) is 6.73. The molecular formula is C11H18N6OS. The van der Waals surface area contributed by atoms with Crippen molar-refractivity contribution in [1.82, 2.24) is 10.3 Å². The summed E-state index contributed by atoms with van der Waals surface area (Å²) in [5, 5.41) is 9.11. The molecule has 0 aliphatic rings. The molecule has 1 rings (SSSR count). The molecule has 1 amide bonds. The van der Waals surface area contributed by atoms with Gasteiger partial charge in [0.2, 0.25) is 5.91 Å². The monoisotopic (exact) mass is 282 g/mol. The molecule has 3 N–H and O–H groups in total. The van der Waals surface area contributed by atoms with Gasteiger partial charge in [-0.05, 0) is 5.53 Å². The number of carbonyl (C=O) groups is 1. The fourth-order valence-electron chi connectivity index (χ4n) is 1.42. The summed E-state index contributed by atoms with van der Waals surface area (Å²) in [4.78, 5) is 18.5. The zero-order chi connectivity index (χ0) is 14.5. The predicted molar refractivity (Wildman–Crippen MR) is 74.8 cm³/mol. The van der Waals surface area contributed by atoms with Gasteiger partial charge in [-0.2, -0.15) is 0 Å². The summed E-state index contributed by atoms with van der Waals surface area (Å²) in [6, 6.07) is -0.652. The highest BCUT2D eigenvalue weighted by atomic mass is 32.1. The van der Waals surface area contributed by atoms with Gasteiger partial charge in [0.15, 0.2) is 0 Å². The molecule has 8 heteroatoms. The topological polar surface area (TPSA) is 117 Å². The van der Waals surface area contributed by atoms with Crippen LogP contribution in [-0.4, -0.2) is 24.0 Å². The highest BCUT2D eigenvalue weighted by molar-refractivity contribution is 7.09. The van der Waals surface area contributed by atoms with Gasteiger partial charge >= 0.3 is 0 Å². The minimum atomic E-state index is -0.652. The Hall–Kier alpha value is -1.63. The van der Waals surface area contributed by atoms with E-state index in [0.29, 0.717) is 12.2 Å². The number of amides is 1. The molecule has 0 aliphatic carbocycles. The normalized spacial score (nSPS) is 12.8. The lowest BCUT2D eigenvalue weighted by Gasteiger charge is -2.15. The molecule has 0 radical (unpaired) electrons. The lowest BCUT2D eigenvalue weighted by Crippen LogP contribution is -2.35. The summed E-state index contributed by atoms with van der Waals surface area (Å²) >= 11 is 1.51. The van der Waals surface area contributed by atoms with E-state index in [9.17, 15) is 4.79 Å². The maximum Gasteiger partial charge on any atom is 0.240 e. The van der Waals surface area contributed by atoms with E-state index in [0.717, 1.165) is 5.01 Å². The summed E-state index contributed by atoms with van der Waals surface area (Å²) in [6.45, 7) is 6.81. The molecule has 1 atom stereocenters. The maximum atomic E-state index is 11.4. The second-order valence-electron chi connectivity index (χ2n) is 5.07. The van der Waals surface area contributed by atoms with Crippen LogP contribution in [0, 0.1) is 0 Å². The fourth-order valence-corrected chi connectivity index (χ4v) is 2.35. The zero-order valence-corrected chi connectivity index (χ0v) is 12.1. The predicted octanol–water partition coefficient (Wildman–Crippen LogP) is 1.87. The first-order chi connectivity index (χ1) is 8.86. The number of nitrogens with one attached hydrogen (secondary N) is 1. The Kier molecular flexibility index (Phi) is 5.29. The molecule has 7 nitrogen and oxygen atoms in total. The van der Waals surface area contributed by atoms with Crippen LogP contribution in [0.1, 0.15) is 37.5 Å². The smallest absolute Gasteiger partial charge is 0.240 e. The van der Waals surface area contributed by atoms with Crippen molar-refractivity contribution in [1.29, 1.82) is 0 Å². The quantitative estimate of drug-likeness (QED) is 0.359. The van der Waals surface area contributed by atoms with E-state index in [4.69, 9.17) is 11.3 Å². The summed E-state index contributed by atoms with van der Waals surface area (Å²) in [7, 11) is 0. The van der Waals surface area contributed by atoms with E-state index in [1.807, 2.05) is 5.38 Å². The SMILES string of the molecule is CC(C)(C)c1nc(C(NCCN=[N+]=[N-])C(N)=O)cs1. The number of carbonyl (C=O) groups excluding carboxylic acids is 1. The van der Waals surface area contributed by atoms with Gasteiger partial charge in [-0.3, -0.25) is 4.79 Å². The van der Waals surface area contributed by atoms with Crippen LogP contribution < -0.4 is 11.1 Å². The number of nitrogens with zero attached hydrogens (tertiary/aromatic N) is 4. The van der Waals surface area contributed by atoms with Crippen LogP contribution in [-0.2, 0) is 10.2 Å². The van der Waals surface area contributed by atoms with Gasteiger partial charge in [0.05, 0.1) is 10.7 Å². The molecule has 1 unspecified atom stereocenters. The van der Waals surface area contributed by atoms with Crippen molar-refractivity contribution in [2.45, 2.75) is 32.2 Å². The Bertz CT molecular complexity index is 486. The van der Waals surface area contributed by atoms with Crippen LogP contribution in [0.15, 0.2) is 10.5 Å². The van der Waals surface area contributed by atoms with E-state index < -0.39 is 11.9 Å². The molecule has 0 saturated carbocycles. The Morgan fingerprint density at radius 2 is 2.37 bits per heavy atom. The fraction of sp³-hybridized carbons (Fsp3) is 0.636. The van der Waals surface area contributed by atoms with Gasteiger partial charge in [-0.1, -0.05) is 25.9 Å².